The van der Waals surface area contributed by atoms with Gasteiger partial charge in [0.15, 0.2) is 0 Å². The van der Waals surface area contributed by atoms with Gasteiger partial charge in [-0.25, -0.2) is 4.79 Å². The fourth-order valence-corrected chi connectivity index (χ4v) is 6.98. The van der Waals surface area contributed by atoms with Crippen molar-refractivity contribution in [3.63, 3.8) is 0 Å². The molecule has 6 rings (SSSR count). The second kappa shape index (κ2) is 8.97. The van der Waals surface area contributed by atoms with E-state index >= 15 is 0 Å². The Kier molecular flexibility index (Phi) is 6.02. The summed E-state index contributed by atoms with van der Waals surface area (Å²) in [5.41, 5.74) is 3.08. The van der Waals surface area contributed by atoms with Crippen molar-refractivity contribution in [1.82, 2.24) is 3.11 Å². The Morgan fingerprint density at radius 1 is 1.03 bits per heavy atom. The van der Waals surface area contributed by atoms with Gasteiger partial charge in [-0.05, 0) is 79.1 Å². The number of anilines is 1. The van der Waals surface area contributed by atoms with Gasteiger partial charge < -0.3 is 10.0 Å². The first-order valence-electron chi connectivity index (χ1n) is 12.8. The summed E-state index contributed by atoms with van der Waals surface area (Å²) in [6.07, 6.45) is -0.918. The number of fused-ring (bicyclic) bond motifs is 2. The van der Waals surface area contributed by atoms with Crippen molar-refractivity contribution in [3.05, 3.63) is 99.6 Å². The molecule has 2 aliphatic carbocycles. The van der Waals surface area contributed by atoms with E-state index in [9.17, 15) is 27.9 Å². The zero-order chi connectivity index (χ0) is 27.7. The smallest absolute Gasteiger partial charge is 0.416 e. The molecule has 0 atom stereocenters. The molecule has 5 nitrogen and oxygen atoms in total. The number of para-hydroxylation sites is 1. The number of rotatable bonds is 6. The third-order valence-corrected chi connectivity index (χ3v) is 9.79. The number of aromatic carboxylic acids is 1. The monoisotopic (exact) mass is 646 g/mol. The SMILES string of the molecule is Cc1ccc(CN2CC3(CC3)c3cccc(C(=O)N(I)C4(c5ccc(C(=O)O)cc5)CC4)c32)cc1C(F)(F)F. The maximum absolute atomic E-state index is 14.0. The molecule has 2 fully saturated rings. The lowest BCUT2D eigenvalue weighted by Crippen LogP contribution is -2.33. The van der Waals surface area contributed by atoms with Crippen LogP contribution >= 0.6 is 22.9 Å². The van der Waals surface area contributed by atoms with E-state index in [1.54, 1.807) is 39.5 Å². The van der Waals surface area contributed by atoms with Crippen LogP contribution in [0.15, 0.2) is 60.7 Å². The van der Waals surface area contributed by atoms with Gasteiger partial charge in [-0.2, -0.15) is 13.2 Å². The first kappa shape index (κ1) is 26.2. The summed E-state index contributed by atoms with van der Waals surface area (Å²) < 4.78 is 42.5. The highest BCUT2D eigenvalue weighted by Crippen LogP contribution is 2.59. The van der Waals surface area contributed by atoms with Crippen LogP contribution in [-0.2, 0) is 23.7 Å². The van der Waals surface area contributed by atoms with Gasteiger partial charge in [0, 0.05) is 18.5 Å². The molecule has 1 amide bonds. The van der Waals surface area contributed by atoms with Gasteiger partial charge in [-0.15, -0.1) is 0 Å². The molecule has 1 aliphatic heterocycles. The molecule has 1 spiro atoms. The number of benzene rings is 3. The Morgan fingerprint density at radius 3 is 2.31 bits per heavy atom. The molecular formula is C30H26F3IN2O3. The standard InChI is InChI=1S/C30H26F3IN2O3/c1-18-5-6-19(15-24(18)30(31,32)33)16-35-17-28(11-12-28)23-4-2-3-22(25(23)35)26(37)36(34)29(13-14-29)21-9-7-20(8-10-21)27(38)39/h2-10,15H,11-14,16-17H2,1H3,(H,38,39). The lowest BCUT2D eigenvalue weighted by molar-refractivity contribution is -0.138. The van der Waals surface area contributed by atoms with E-state index in [1.165, 1.54) is 19.1 Å². The Bertz CT molecular complexity index is 1490. The van der Waals surface area contributed by atoms with Gasteiger partial charge in [0.2, 0.25) is 0 Å². The van der Waals surface area contributed by atoms with Crippen LogP contribution in [0.5, 0.6) is 0 Å². The zero-order valence-electron chi connectivity index (χ0n) is 21.2. The van der Waals surface area contributed by atoms with E-state index in [0.29, 0.717) is 17.7 Å². The number of nitrogens with zero attached hydrogens (tertiary/aromatic N) is 2. The second-order valence-electron chi connectivity index (χ2n) is 11.0. The van der Waals surface area contributed by atoms with Crippen molar-refractivity contribution in [2.24, 2.45) is 0 Å². The summed E-state index contributed by atoms with van der Waals surface area (Å²) in [5, 5.41) is 9.25. The van der Waals surface area contributed by atoms with Gasteiger partial charge in [0.1, 0.15) is 0 Å². The summed E-state index contributed by atoms with van der Waals surface area (Å²) in [5.74, 6) is -1.16. The molecule has 3 aliphatic rings. The van der Waals surface area contributed by atoms with Crippen molar-refractivity contribution < 1.29 is 27.9 Å². The Hall–Kier alpha value is -3.08. The maximum atomic E-state index is 14.0. The third kappa shape index (κ3) is 4.38. The van der Waals surface area contributed by atoms with Crippen LogP contribution in [0, 0.1) is 6.92 Å². The van der Waals surface area contributed by atoms with Crippen molar-refractivity contribution in [1.29, 1.82) is 0 Å². The molecule has 1 N–H and O–H groups in total. The third-order valence-electron chi connectivity index (χ3n) is 8.43. The molecule has 0 bridgehead atoms. The molecule has 3 aromatic rings. The number of carboxylic acid groups (broad SMARTS) is 1. The molecule has 3 aromatic carbocycles. The van der Waals surface area contributed by atoms with E-state index in [2.05, 4.69) is 27.8 Å². The number of alkyl halides is 3. The van der Waals surface area contributed by atoms with Crippen LogP contribution in [0.25, 0.3) is 0 Å². The lowest BCUT2D eigenvalue weighted by Gasteiger charge is -2.29. The van der Waals surface area contributed by atoms with Crippen LogP contribution < -0.4 is 4.90 Å². The number of carboxylic acids is 1. The highest BCUT2D eigenvalue weighted by atomic mass is 127. The summed E-state index contributed by atoms with van der Waals surface area (Å²) in [4.78, 5) is 27.4. The number of amides is 1. The van der Waals surface area contributed by atoms with Gasteiger partial charge in [-0.3, -0.25) is 7.91 Å². The molecule has 1 heterocycles. The number of hydrogen-bond acceptors (Lipinski definition) is 3. The van der Waals surface area contributed by atoms with Crippen LogP contribution in [-0.4, -0.2) is 26.6 Å². The topological polar surface area (TPSA) is 60.9 Å². The normalized spacial score (nSPS) is 18.1. The molecular weight excluding hydrogens is 620 g/mol. The Labute approximate surface area is 238 Å². The molecule has 2 saturated carbocycles. The van der Waals surface area contributed by atoms with Gasteiger partial charge in [-0.1, -0.05) is 36.4 Å². The molecule has 0 radical (unpaired) electrons. The van der Waals surface area contributed by atoms with Gasteiger partial charge in [0.05, 0.1) is 50.8 Å². The zero-order valence-corrected chi connectivity index (χ0v) is 23.3. The summed E-state index contributed by atoms with van der Waals surface area (Å²) in [7, 11) is 0. The predicted molar refractivity (Wildman–Crippen MR) is 149 cm³/mol. The maximum Gasteiger partial charge on any atom is 0.416 e. The van der Waals surface area contributed by atoms with Gasteiger partial charge >= 0.3 is 12.1 Å². The van der Waals surface area contributed by atoms with Crippen molar-refractivity contribution >= 4 is 40.4 Å². The van der Waals surface area contributed by atoms with E-state index in [-0.39, 0.29) is 29.0 Å². The molecule has 202 valence electrons. The predicted octanol–water partition coefficient (Wildman–Crippen LogP) is 7.25. The quantitative estimate of drug-likeness (QED) is 0.227. The second-order valence-corrected chi connectivity index (χ2v) is 12.0. The first-order valence-corrected chi connectivity index (χ1v) is 13.8. The number of aryl methyl sites for hydroxylation is 1. The van der Waals surface area contributed by atoms with E-state index in [1.807, 2.05) is 12.1 Å². The van der Waals surface area contributed by atoms with Crippen molar-refractivity contribution in [3.8, 4) is 0 Å². The van der Waals surface area contributed by atoms with E-state index in [4.69, 9.17) is 0 Å². The minimum atomic E-state index is -4.43. The van der Waals surface area contributed by atoms with Crippen LogP contribution in [0.3, 0.4) is 0 Å². The average molecular weight is 646 g/mol. The highest BCUT2D eigenvalue weighted by Gasteiger charge is 2.55. The Balaban J connectivity index is 1.34. The highest BCUT2D eigenvalue weighted by molar-refractivity contribution is 14.1. The van der Waals surface area contributed by atoms with Gasteiger partial charge in [0.25, 0.3) is 5.91 Å². The van der Waals surface area contributed by atoms with Crippen LogP contribution in [0.1, 0.15) is 74.2 Å². The number of hydrogen-bond donors (Lipinski definition) is 1. The summed E-state index contributed by atoms with van der Waals surface area (Å²) in [6.45, 7) is 2.42. The number of carbonyl (C=O) groups is 2. The molecule has 0 aromatic heterocycles. The molecule has 0 saturated heterocycles. The molecule has 9 heteroatoms. The fourth-order valence-electron chi connectivity index (χ4n) is 5.96. The summed E-state index contributed by atoms with van der Waals surface area (Å²) in [6, 6.07) is 16.9. The number of halogens is 4. The number of carbonyl (C=O) groups excluding carboxylic acids is 1. The summed E-state index contributed by atoms with van der Waals surface area (Å²) >= 11 is 2.06. The van der Waals surface area contributed by atoms with Crippen LogP contribution in [0.4, 0.5) is 18.9 Å². The molecule has 39 heavy (non-hydrogen) atoms. The largest absolute Gasteiger partial charge is 0.478 e. The lowest BCUT2D eigenvalue weighted by atomic mass is 9.96. The minimum Gasteiger partial charge on any atom is -0.478 e. The van der Waals surface area contributed by atoms with Crippen LogP contribution in [0.2, 0.25) is 0 Å². The van der Waals surface area contributed by atoms with E-state index < -0.39 is 23.2 Å². The average Bonchev–Trinajstić information content (AvgIpc) is 3.83. The van der Waals surface area contributed by atoms with Crippen molar-refractivity contribution in [2.45, 2.75) is 56.3 Å². The molecule has 0 unspecified atom stereocenters. The minimum absolute atomic E-state index is 0.0524. The van der Waals surface area contributed by atoms with E-state index in [0.717, 1.165) is 42.5 Å². The first-order chi connectivity index (χ1) is 18.4. The Morgan fingerprint density at radius 2 is 1.72 bits per heavy atom. The van der Waals surface area contributed by atoms with Crippen molar-refractivity contribution in [2.75, 3.05) is 11.4 Å². The fraction of sp³-hybridized carbons (Fsp3) is 0.333.